The van der Waals surface area contributed by atoms with Crippen molar-refractivity contribution in [3.05, 3.63) is 52.3 Å². The van der Waals surface area contributed by atoms with Gasteiger partial charge in [0.1, 0.15) is 0 Å². The minimum absolute atomic E-state index is 0.00199. The van der Waals surface area contributed by atoms with Gasteiger partial charge in [-0.2, -0.15) is 5.10 Å². The average molecular weight is 433 g/mol. The van der Waals surface area contributed by atoms with Crippen LogP contribution in [0, 0.1) is 6.92 Å². The van der Waals surface area contributed by atoms with Crippen molar-refractivity contribution in [2.75, 3.05) is 19.7 Å². The third kappa shape index (κ3) is 5.11. The van der Waals surface area contributed by atoms with Crippen molar-refractivity contribution in [3.63, 3.8) is 0 Å². The van der Waals surface area contributed by atoms with Gasteiger partial charge in [0.15, 0.2) is 0 Å². The second kappa shape index (κ2) is 9.18. The summed E-state index contributed by atoms with van der Waals surface area (Å²) in [6.07, 6.45) is 2.57. The van der Waals surface area contributed by atoms with E-state index in [2.05, 4.69) is 21.2 Å². The molecule has 0 atom stereocenters. The van der Waals surface area contributed by atoms with E-state index in [0.29, 0.717) is 6.61 Å². The molecule has 0 amide bonds. The third-order valence-corrected chi connectivity index (χ3v) is 7.47. The van der Waals surface area contributed by atoms with Crippen molar-refractivity contribution in [2.24, 2.45) is 0 Å². The van der Waals surface area contributed by atoms with Gasteiger partial charge >= 0.3 is 0 Å². The molecule has 2 aliphatic rings. The Morgan fingerprint density at radius 2 is 1.93 bits per heavy atom. The number of sulfonamides is 1. The number of rotatable bonds is 7. The van der Waals surface area contributed by atoms with Crippen LogP contribution in [0.5, 0.6) is 0 Å². The molecule has 0 unspecified atom stereocenters. The van der Waals surface area contributed by atoms with Crippen molar-refractivity contribution in [2.45, 2.75) is 64.6 Å². The third-order valence-electron chi connectivity index (χ3n) is 6.06. The average Bonchev–Trinajstić information content (AvgIpc) is 3.08. The Hall–Kier alpha value is -1.74. The Morgan fingerprint density at radius 1 is 1.20 bits per heavy atom. The summed E-state index contributed by atoms with van der Waals surface area (Å²) in [6, 6.07) is 7.68. The molecular formula is C22H32N4O3S. The zero-order valence-electron chi connectivity index (χ0n) is 17.9. The highest BCUT2D eigenvalue weighted by Gasteiger charge is 2.26. The van der Waals surface area contributed by atoms with E-state index in [1.807, 2.05) is 31.2 Å². The van der Waals surface area contributed by atoms with Crippen molar-refractivity contribution in [3.8, 4) is 0 Å². The molecule has 1 fully saturated rings. The lowest BCUT2D eigenvalue weighted by Gasteiger charge is -2.32. The van der Waals surface area contributed by atoms with Gasteiger partial charge in [-0.05, 0) is 32.3 Å². The Morgan fingerprint density at radius 3 is 2.63 bits per heavy atom. The first-order valence-corrected chi connectivity index (χ1v) is 12.5. The fourth-order valence-corrected chi connectivity index (χ4v) is 5.85. The van der Waals surface area contributed by atoms with Crippen molar-refractivity contribution in [1.82, 2.24) is 19.4 Å². The Bertz CT molecular complexity index is 961. The molecule has 0 saturated carbocycles. The lowest BCUT2D eigenvalue weighted by Crippen LogP contribution is -2.44. The molecule has 164 valence electrons. The lowest BCUT2D eigenvalue weighted by atomic mass is 10.0. The van der Waals surface area contributed by atoms with E-state index in [9.17, 15) is 8.42 Å². The van der Waals surface area contributed by atoms with Gasteiger partial charge in [-0.15, -0.1) is 0 Å². The van der Waals surface area contributed by atoms with Crippen molar-refractivity contribution < 1.29 is 13.2 Å². The Balaban J connectivity index is 1.31. The number of benzene rings is 1. The predicted octanol–water partition coefficient (Wildman–Crippen LogP) is 2.37. The molecule has 1 aromatic heterocycles. The number of hydrogen-bond acceptors (Lipinski definition) is 5. The summed E-state index contributed by atoms with van der Waals surface area (Å²) in [5.74, 6) is 0.0358. The second-order valence-electron chi connectivity index (χ2n) is 8.40. The standard InChI is InChI=1S/C22H32N4O3S/c1-3-26-22-10-13-29-15-20(22)21(23-26)14-25-11-8-19(9-12-25)24-30(27,28)16-18-6-4-17(2)5-7-18/h4-7,19,24H,3,8-16H2,1-2H3. The topological polar surface area (TPSA) is 76.5 Å². The number of hydrogen-bond donors (Lipinski definition) is 1. The molecule has 2 aliphatic heterocycles. The fraction of sp³-hybridized carbons (Fsp3) is 0.591. The predicted molar refractivity (Wildman–Crippen MR) is 116 cm³/mol. The SMILES string of the molecule is CCn1nc(CN2CCC(NS(=O)(=O)Cc3ccc(C)cc3)CC2)c2c1CCOC2. The monoisotopic (exact) mass is 432 g/mol. The van der Waals surface area contributed by atoms with E-state index in [-0.39, 0.29) is 11.8 Å². The zero-order chi connectivity index (χ0) is 21.1. The molecule has 7 nitrogen and oxygen atoms in total. The van der Waals surface area contributed by atoms with Crippen LogP contribution in [0.4, 0.5) is 0 Å². The van der Waals surface area contributed by atoms with E-state index in [1.165, 1.54) is 11.3 Å². The van der Waals surface area contributed by atoms with Gasteiger partial charge in [0, 0.05) is 49.9 Å². The van der Waals surface area contributed by atoms with Crippen LogP contribution in [0.1, 0.15) is 47.8 Å². The van der Waals surface area contributed by atoms with Crippen LogP contribution in [0.3, 0.4) is 0 Å². The van der Waals surface area contributed by atoms with Gasteiger partial charge in [0.2, 0.25) is 10.0 Å². The molecule has 0 bridgehead atoms. The maximum absolute atomic E-state index is 12.6. The smallest absolute Gasteiger partial charge is 0.216 e. The minimum atomic E-state index is -3.34. The quantitative estimate of drug-likeness (QED) is 0.727. The number of ether oxygens (including phenoxy) is 1. The summed E-state index contributed by atoms with van der Waals surface area (Å²) < 4.78 is 35.8. The van der Waals surface area contributed by atoms with Crippen molar-refractivity contribution in [1.29, 1.82) is 0 Å². The van der Waals surface area contributed by atoms with Crippen LogP contribution in [-0.2, 0) is 46.6 Å². The molecular weight excluding hydrogens is 400 g/mol. The van der Waals surface area contributed by atoms with Crippen molar-refractivity contribution >= 4 is 10.0 Å². The number of fused-ring (bicyclic) bond motifs is 1. The number of aryl methyl sites for hydroxylation is 2. The summed E-state index contributed by atoms with van der Waals surface area (Å²) in [4.78, 5) is 2.38. The molecule has 1 aromatic carbocycles. The fourth-order valence-electron chi connectivity index (χ4n) is 4.39. The van der Waals surface area contributed by atoms with Gasteiger partial charge in [0.05, 0.1) is 24.7 Å². The van der Waals surface area contributed by atoms with Crippen LogP contribution in [0.25, 0.3) is 0 Å². The highest BCUT2D eigenvalue weighted by atomic mass is 32.2. The molecule has 0 spiro atoms. The summed E-state index contributed by atoms with van der Waals surface area (Å²) in [5.41, 5.74) is 5.64. The van der Waals surface area contributed by atoms with E-state index >= 15 is 0 Å². The second-order valence-corrected chi connectivity index (χ2v) is 10.2. The zero-order valence-corrected chi connectivity index (χ0v) is 18.7. The number of piperidine rings is 1. The summed E-state index contributed by atoms with van der Waals surface area (Å²) in [5, 5.41) is 4.82. The Labute approximate surface area is 179 Å². The summed E-state index contributed by atoms with van der Waals surface area (Å²) in [6.45, 7) is 8.97. The molecule has 3 heterocycles. The molecule has 8 heteroatoms. The van der Waals surface area contributed by atoms with E-state index < -0.39 is 10.0 Å². The number of nitrogens with one attached hydrogen (secondary N) is 1. The lowest BCUT2D eigenvalue weighted by molar-refractivity contribution is 0.107. The Kier molecular flexibility index (Phi) is 6.57. The van der Waals surface area contributed by atoms with Gasteiger partial charge < -0.3 is 4.74 Å². The first-order chi connectivity index (χ1) is 14.4. The summed E-state index contributed by atoms with van der Waals surface area (Å²) in [7, 11) is -3.34. The molecule has 1 saturated heterocycles. The van der Waals surface area contributed by atoms with E-state index in [1.54, 1.807) is 0 Å². The number of likely N-dealkylation sites (tertiary alicyclic amines) is 1. The molecule has 30 heavy (non-hydrogen) atoms. The highest BCUT2D eigenvalue weighted by Crippen LogP contribution is 2.23. The molecule has 2 aromatic rings. The molecule has 4 rings (SSSR count). The van der Waals surface area contributed by atoms with E-state index in [0.717, 1.165) is 68.9 Å². The van der Waals surface area contributed by atoms with Gasteiger partial charge in [-0.25, -0.2) is 13.1 Å². The van der Waals surface area contributed by atoms with E-state index in [4.69, 9.17) is 9.84 Å². The van der Waals surface area contributed by atoms with Crippen LogP contribution in [-0.4, -0.2) is 48.8 Å². The number of aromatic nitrogens is 2. The maximum atomic E-state index is 12.6. The van der Waals surface area contributed by atoms with Crippen LogP contribution in [0.2, 0.25) is 0 Å². The van der Waals surface area contributed by atoms with Crippen LogP contribution < -0.4 is 4.72 Å². The molecule has 1 N–H and O–H groups in total. The molecule has 0 aliphatic carbocycles. The maximum Gasteiger partial charge on any atom is 0.216 e. The van der Waals surface area contributed by atoms with Gasteiger partial charge in [0.25, 0.3) is 0 Å². The molecule has 0 radical (unpaired) electrons. The largest absolute Gasteiger partial charge is 0.376 e. The normalized spacial score (nSPS) is 18.5. The first kappa shape index (κ1) is 21.5. The van der Waals surface area contributed by atoms with Crippen LogP contribution in [0.15, 0.2) is 24.3 Å². The number of nitrogens with zero attached hydrogens (tertiary/aromatic N) is 3. The highest BCUT2D eigenvalue weighted by molar-refractivity contribution is 7.88. The van der Waals surface area contributed by atoms with Gasteiger partial charge in [-0.3, -0.25) is 9.58 Å². The van der Waals surface area contributed by atoms with Gasteiger partial charge in [-0.1, -0.05) is 29.8 Å². The summed E-state index contributed by atoms with van der Waals surface area (Å²) >= 11 is 0. The first-order valence-electron chi connectivity index (χ1n) is 10.9. The minimum Gasteiger partial charge on any atom is -0.376 e. The van der Waals surface area contributed by atoms with Crippen LogP contribution >= 0.6 is 0 Å².